The van der Waals surface area contributed by atoms with Gasteiger partial charge in [0.1, 0.15) is 11.8 Å². The number of methoxy groups -OCH3 is 1. The zero-order chi connectivity index (χ0) is 16.4. The van der Waals surface area contributed by atoms with Crippen LogP contribution in [0.25, 0.3) is 0 Å². The Morgan fingerprint density at radius 1 is 1.27 bits per heavy atom. The van der Waals surface area contributed by atoms with Gasteiger partial charge in [-0.2, -0.15) is 0 Å². The molecule has 0 heterocycles. The molecule has 0 saturated carbocycles. The van der Waals surface area contributed by atoms with Crippen molar-refractivity contribution in [2.24, 2.45) is 0 Å². The van der Waals surface area contributed by atoms with Crippen LogP contribution in [0.3, 0.4) is 0 Å². The van der Waals surface area contributed by atoms with Crippen LogP contribution in [0.1, 0.15) is 32.6 Å². The van der Waals surface area contributed by atoms with E-state index in [4.69, 9.17) is 4.74 Å². The molecule has 0 aliphatic carbocycles. The normalized spacial score (nSPS) is 11.7. The van der Waals surface area contributed by atoms with Gasteiger partial charge < -0.3 is 25.3 Å². The van der Waals surface area contributed by atoms with Crippen LogP contribution in [0.2, 0.25) is 0 Å². The van der Waals surface area contributed by atoms with Gasteiger partial charge in [-0.25, -0.2) is 0 Å². The number of benzene rings is 1. The number of unbranched alkanes of at least 4 members (excludes halogenated alkanes) is 2. The zero-order valence-corrected chi connectivity index (χ0v) is 13.1. The Labute approximate surface area is 130 Å². The van der Waals surface area contributed by atoms with Crippen molar-refractivity contribution < 1.29 is 24.7 Å². The van der Waals surface area contributed by atoms with E-state index in [0.29, 0.717) is 18.0 Å². The van der Waals surface area contributed by atoms with E-state index in [0.717, 1.165) is 19.3 Å². The number of ether oxygens (including phenoxy) is 1. The number of carboxylic acids is 1. The van der Waals surface area contributed by atoms with Crippen molar-refractivity contribution >= 4 is 17.6 Å². The molecule has 1 aromatic carbocycles. The summed E-state index contributed by atoms with van der Waals surface area (Å²) in [6, 6.07) is 6.01. The molecule has 0 spiro atoms. The summed E-state index contributed by atoms with van der Waals surface area (Å²) in [7, 11) is 1.56. The lowest BCUT2D eigenvalue weighted by Crippen LogP contribution is -2.93. The highest BCUT2D eigenvalue weighted by molar-refractivity contribution is 5.93. The number of carboxylic acid groups (broad SMARTS) is 1. The molecule has 0 aromatic heterocycles. The third kappa shape index (κ3) is 6.58. The van der Waals surface area contributed by atoms with Crippen molar-refractivity contribution in [2.45, 2.75) is 38.6 Å². The first kappa shape index (κ1) is 18.0. The fourth-order valence-electron chi connectivity index (χ4n) is 2.06. The van der Waals surface area contributed by atoms with Gasteiger partial charge in [0.25, 0.3) is 0 Å². The number of amides is 1. The fraction of sp³-hybridized carbons (Fsp3) is 0.500. The molecule has 0 fully saturated rings. The van der Waals surface area contributed by atoms with Crippen molar-refractivity contribution in [3.63, 3.8) is 0 Å². The quantitative estimate of drug-likeness (QED) is 0.590. The molecular weight excluding hydrogens is 284 g/mol. The number of aliphatic carboxylic acids is 1. The summed E-state index contributed by atoms with van der Waals surface area (Å²) in [5, 5.41) is 15.4. The van der Waals surface area contributed by atoms with E-state index in [1.165, 1.54) is 0 Å². The third-order valence-corrected chi connectivity index (χ3v) is 3.34. The van der Waals surface area contributed by atoms with Crippen LogP contribution < -0.4 is 20.5 Å². The van der Waals surface area contributed by atoms with Gasteiger partial charge in [-0.15, -0.1) is 0 Å². The molecule has 0 bridgehead atoms. The van der Waals surface area contributed by atoms with Crippen LogP contribution in [-0.4, -0.2) is 31.6 Å². The summed E-state index contributed by atoms with van der Waals surface area (Å²) >= 11 is 0. The zero-order valence-electron chi connectivity index (χ0n) is 13.1. The Bertz CT molecular complexity index is 474. The number of rotatable bonds is 10. The first-order valence-electron chi connectivity index (χ1n) is 7.55. The standard InChI is InChI=1S/C16H24N2O4/c1-3-4-5-10-17-14(16(20)21)11-15(19)18-12-6-8-13(22-2)9-7-12/h6-9,14,17H,3-5,10-11H2,1-2H3,(H,18,19)(H,20,21)/t14-/m0/s1. The van der Waals surface area contributed by atoms with E-state index >= 15 is 0 Å². The lowest BCUT2D eigenvalue weighted by Gasteiger charge is -2.16. The molecule has 3 N–H and O–H groups in total. The van der Waals surface area contributed by atoms with Gasteiger partial charge in [0.05, 0.1) is 26.0 Å². The highest BCUT2D eigenvalue weighted by Crippen LogP contribution is 2.15. The summed E-state index contributed by atoms with van der Waals surface area (Å²) in [4.78, 5) is 23.0. The molecular formula is C16H24N2O4. The van der Waals surface area contributed by atoms with Crippen molar-refractivity contribution in [3.05, 3.63) is 24.3 Å². The number of nitrogens with two attached hydrogens (primary N) is 1. The number of anilines is 1. The predicted octanol–water partition coefficient (Wildman–Crippen LogP) is -0.104. The first-order chi connectivity index (χ1) is 10.6. The highest BCUT2D eigenvalue weighted by atomic mass is 16.5. The van der Waals surface area contributed by atoms with Gasteiger partial charge in [-0.3, -0.25) is 4.79 Å². The van der Waals surface area contributed by atoms with E-state index in [9.17, 15) is 14.7 Å². The van der Waals surface area contributed by atoms with Crippen LogP contribution in [0.15, 0.2) is 24.3 Å². The van der Waals surface area contributed by atoms with Crippen LogP contribution in [0.4, 0.5) is 5.69 Å². The molecule has 0 aliphatic rings. The third-order valence-electron chi connectivity index (χ3n) is 3.34. The smallest absolute Gasteiger partial charge is 0.230 e. The molecule has 6 nitrogen and oxygen atoms in total. The maximum Gasteiger partial charge on any atom is 0.230 e. The second kappa shape index (κ2) is 9.78. The molecule has 1 atom stereocenters. The summed E-state index contributed by atoms with van der Waals surface area (Å²) in [5.74, 6) is -0.859. The Morgan fingerprint density at radius 2 is 1.95 bits per heavy atom. The van der Waals surface area contributed by atoms with Crippen molar-refractivity contribution in [3.8, 4) is 5.75 Å². The van der Waals surface area contributed by atoms with Gasteiger partial charge in [-0.05, 0) is 37.1 Å². The maximum absolute atomic E-state index is 11.9. The summed E-state index contributed by atoms with van der Waals surface area (Å²) in [6.45, 7) is 2.76. The molecule has 1 aromatic rings. The van der Waals surface area contributed by atoms with E-state index in [1.54, 1.807) is 36.7 Å². The summed E-state index contributed by atoms with van der Waals surface area (Å²) in [5.41, 5.74) is 0.605. The number of carbonyl (C=O) groups is 2. The van der Waals surface area contributed by atoms with Crippen molar-refractivity contribution in [2.75, 3.05) is 19.0 Å². The van der Waals surface area contributed by atoms with E-state index in [2.05, 4.69) is 12.2 Å². The molecule has 0 aliphatic heterocycles. The summed E-state index contributed by atoms with van der Waals surface area (Å²) in [6.07, 6.45) is 2.94. The van der Waals surface area contributed by atoms with Crippen LogP contribution in [-0.2, 0) is 9.59 Å². The van der Waals surface area contributed by atoms with E-state index in [-0.39, 0.29) is 12.3 Å². The van der Waals surface area contributed by atoms with E-state index < -0.39 is 12.0 Å². The number of quaternary nitrogens is 1. The highest BCUT2D eigenvalue weighted by Gasteiger charge is 2.18. The average Bonchev–Trinajstić information content (AvgIpc) is 2.51. The first-order valence-corrected chi connectivity index (χ1v) is 7.55. The monoisotopic (exact) mass is 308 g/mol. The molecule has 122 valence electrons. The minimum absolute atomic E-state index is 0.111. The largest absolute Gasteiger partial charge is 0.544 e. The molecule has 1 rings (SSSR count). The number of hydrogen-bond acceptors (Lipinski definition) is 4. The molecule has 0 saturated heterocycles. The maximum atomic E-state index is 11.9. The Kier molecular flexibility index (Phi) is 7.99. The van der Waals surface area contributed by atoms with Crippen molar-refractivity contribution in [1.29, 1.82) is 0 Å². The van der Waals surface area contributed by atoms with Gasteiger partial charge in [-0.1, -0.05) is 13.3 Å². The minimum atomic E-state index is -1.21. The molecule has 0 radical (unpaired) electrons. The summed E-state index contributed by atoms with van der Waals surface area (Å²) < 4.78 is 5.03. The number of carbonyl (C=O) groups excluding carboxylic acids is 2. The van der Waals surface area contributed by atoms with Crippen LogP contribution in [0, 0.1) is 0 Å². The Morgan fingerprint density at radius 3 is 2.50 bits per heavy atom. The number of nitrogens with one attached hydrogen (secondary N) is 1. The predicted molar refractivity (Wildman–Crippen MR) is 81.4 cm³/mol. The second-order valence-corrected chi connectivity index (χ2v) is 5.14. The van der Waals surface area contributed by atoms with E-state index in [1.807, 2.05) is 0 Å². The van der Waals surface area contributed by atoms with Crippen LogP contribution in [0.5, 0.6) is 5.75 Å². The minimum Gasteiger partial charge on any atom is -0.544 e. The molecule has 6 heteroatoms. The molecule has 0 unspecified atom stereocenters. The average molecular weight is 308 g/mol. The molecule has 22 heavy (non-hydrogen) atoms. The lowest BCUT2D eigenvalue weighted by atomic mass is 10.1. The van der Waals surface area contributed by atoms with Gasteiger partial charge in [0.2, 0.25) is 5.91 Å². The van der Waals surface area contributed by atoms with Gasteiger partial charge in [0, 0.05) is 5.69 Å². The van der Waals surface area contributed by atoms with Crippen molar-refractivity contribution in [1.82, 2.24) is 0 Å². The topological polar surface area (TPSA) is 95.1 Å². The number of hydrogen-bond donors (Lipinski definition) is 2. The fourth-order valence-corrected chi connectivity index (χ4v) is 2.06. The second-order valence-electron chi connectivity index (χ2n) is 5.14. The van der Waals surface area contributed by atoms with Crippen LogP contribution >= 0.6 is 0 Å². The van der Waals surface area contributed by atoms with Gasteiger partial charge >= 0.3 is 0 Å². The molecule has 1 amide bonds. The Hall–Kier alpha value is -2.08. The SMILES string of the molecule is CCCCC[NH2+][C@@H](CC(=O)Nc1ccc(OC)cc1)C(=O)[O-]. The van der Waals surface area contributed by atoms with Gasteiger partial charge in [0.15, 0.2) is 0 Å². The lowest BCUT2D eigenvalue weighted by molar-refractivity contribution is -0.682. The Balaban J connectivity index is 2.46.